The molecule has 0 bridgehead atoms. The van der Waals surface area contributed by atoms with E-state index in [1.54, 1.807) is 12.1 Å². The normalized spacial score (nSPS) is 10.5. The van der Waals surface area contributed by atoms with Gasteiger partial charge in [-0.3, -0.25) is 0 Å². The van der Waals surface area contributed by atoms with Crippen molar-refractivity contribution in [2.75, 3.05) is 5.43 Å². The highest BCUT2D eigenvalue weighted by molar-refractivity contribution is 5.52. The van der Waals surface area contributed by atoms with E-state index < -0.39 is 5.82 Å². The van der Waals surface area contributed by atoms with E-state index in [0.717, 1.165) is 5.76 Å². The topological polar surface area (TPSA) is 77.0 Å². The zero-order chi connectivity index (χ0) is 11.7. The van der Waals surface area contributed by atoms with Crippen LogP contribution in [0.1, 0.15) is 11.5 Å². The summed E-state index contributed by atoms with van der Waals surface area (Å²) < 4.78 is 18.8. The van der Waals surface area contributed by atoms with Crippen LogP contribution < -0.4 is 11.3 Å². The van der Waals surface area contributed by atoms with Crippen LogP contribution in [0, 0.1) is 19.7 Å². The number of hydrogen-bond donors (Lipinski definition) is 2. The first-order valence-corrected chi connectivity index (χ1v) is 4.69. The second kappa shape index (κ2) is 3.90. The molecule has 6 heteroatoms. The molecule has 2 aromatic heterocycles. The predicted molar refractivity (Wildman–Crippen MR) is 57.0 cm³/mol. The molecule has 0 amide bonds. The molecule has 0 aliphatic heterocycles. The maximum atomic E-state index is 13.4. The van der Waals surface area contributed by atoms with Crippen LogP contribution in [-0.4, -0.2) is 9.97 Å². The molecule has 0 unspecified atom stereocenters. The fourth-order valence-electron chi connectivity index (χ4n) is 1.32. The van der Waals surface area contributed by atoms with Gasteiger partial charge in [-0.1, -0.05) is 0 Å². The lowest BCUT2D eigenvalue weighted by molar-refractivity contribution is 0.541. The molecule has 5 nitrogen and oxygen atoms in total. The SMILES string of the molecule is Cc1ccc(-c2nc(C)c(F)c(NN)n2)o1. The molecule has 0 aliphatic rings. The number of halogens is 1. The van der Waals surface area contributed by atoms with E-state index in [0.29, 0.717) is 11.6 Å². The molecular formula is C10H11FN4O. The van der Waals surface area contributed by atoms with E-state index in [1.165, 1.54) is 6.92 Å². The third kappa shape index (κ3) is 1.74. The Labute approximate surface area is 91.5 Å². The van der Waals surface area contributed by atoms with Gasteiger partial charge < -0.3 is 9.84 Å². The molecule has 2 aromatic rings. The summed E-state index contributed by atoms with van der Waals surface area (Å²) >= 11 is 0. The minimum Gasteiger partial charge on any atom is -0.458 e. The first-order chi connectivity index (χ1) is 7.61. The number of hydrazine groups is 1. The Bertz CT molecular complexity index is 524. The Morgan fingerprint density at radius 2 is 2.06 bits per heavy atom. The van der Waals surface area contributed by atoms with Crippen molar-refractivity contribution in [1.82, 2.24) is 9.97 Å². The smallest absolute Gasteiger partial charge is 0.198 e. The molecule has 2 heterocycles. The van der Waals surface area contributed by atoms with Gasteiger partial charge in [0.2, 0.25) is 0 Å². The Kier molecular flexibility index (Phi) is 2.57. The number of nitrogens with one attached hydrogen (secondary N) is 1. The van der Waals surface area contributed by atoms with Crippen molar-refractivity contribution in [3.05, 3.63) is 29.4 Å². The largest absolute Gasteiger partial charge is 0.458 e. The van der Waals surface area contributed by atoms with Gasteiger partial charge in [0.25, 0.3) is 0 Å². The molecule has 0 saturated heterocycles. The number of hydrogen-bond acceptors (Lipinski definition) is 5. The summed E-state index contributed by atoms with van der Waals surface area (Å²) in [6, 6.07) is 3.51. The summed E-state index contributed by atoms with van der Waals surface area (Å²) in [5, 5.41) is 0. The Balaban J connectivity index is 2.54. The highest BCUT2D eigenvalue weighted by atomic mass is 19.1. The van der Waals surface area contributed by atoms with Crippen molar-refractivity contribution in [2.24, 2.45) is 5.84 Å². The number of nitrogen functional groups attached to an aromatic ring is 1. The fourth-order valence-corrected chi connectivity index (χ4v) is 1.32. The zero-order valence-corrected chi connectivity index (χ0v) is 8.91. The lowest BCUT2D eigenvalue weighted by atomic mass is 10.3. The number of anilines is 1. The van der Waals surface area contributed by atoms with Gasteiger partial charge in [-0.15, -0.1) is 0 Å². The highest BCUT2D eigenvalue weighted by Crippen LogP contribution is 2.22. The first kappa shape index (κ1) is 10.6. The van der Waals surface area contributed by atoms with E-state index in [4.69, 9.17) is 10.3 Å². The van der Waals surface area contributed by atoms with Crippen LogP contribution in [0.5, 0.6) is 0 Å². The summed E-state index contributed by atoms with van der Waals surface area (Å²) in [5.74, 6) is 6.08. The van der Waals surface area contributed by atoms with Crippen molar-refractivity contribution in [1.29, 1.82) is 0 Å². The van der Waals surface area contributed by atoms with E-state index in [1.807, 2.05) is 6.92 Å². The molecule has 0 fully saturated rings. The third-order valence-corrected chi connectivity index (χ3v) is 2.11. The van der Waals surface area contributed by atoms with Gasteiger partial charge >= 0.3 is 0 Å². The van der Waals surface area contributed by atoms with Gasteiger partial charge in [0, 0.05) is 0 Å². The average molecular weight is 222 g/mol. The molecule has 0 aromatic carbocycles. The number of nitrogens with zero attached hydrogens (tertiary/aromatic N) is 2. The minimum absolute atomic E-state index is 0.0449. The van der Waals surface area contributed by atoms with Crippen molar-refractivity contribution in [2.45, 2.75) is 13.8 Å². The molecule has 2 rings (SSSR count). The van der Waals surface area contributed by atoms with Crippen molar-refractivity contribution < 1.29 is 8.81 Å². The molecule has 84 valence electrons. The summed E-state index contributed by atoms with van der Waals surface area (Å²) in [5.41, 5.74) is 2.40. The molecule has 0 radical (unpaired) electrons. The van der Waals surface area contributed by atoms with Gasteiger partial charge in [0.1, 0.15) is 5.76 Å². The molecule has 16 heavy (non-hydrogen) atoms. The predicted octanol–water partition coefficient (Wildman–Crippen LogP) is 1.78. The molecule has 0 saturated carbocycles. The van der Waals surface area contributed by atoms with Crippen LogP contribution >= 0.6 is 0 Å². The Hall–Kier alpha value is -1.95. The first-order valence-electron chi connectivity index (χ1n) is 4.69. The van der Waals surface area contributed by atoms with E-state index in [-0.39, 0.29) is 11.5 Å². The van der Waals surface area contributed by atoms with E-state index >= 15 is 0 Å². The van der Waals surface area contributed by atoms with Crippen LogP contribution in [0.25, 0.3) is 11.6 Å². The summed E-state index contributed by atoms with van der Waals surface area (Å²) in [4.78, 5) is 7.91. The Morgan fingerprint density at radius 3 is 2.62 bits per heavy atom. The van der Waals surface area contributed by atoms with Gasteiger partial charge in [-0.2, -0.15) is 0 Å². The Morgan fingerprint density at radius 1 is 1.31 bits per heavy atom. The van der Waals surface area contributed by atoms with Gasteiger partial charge in [-0.25, -0.2) is 20.2 Å². The van der Waals surface area contributed by atoms with Crippen molar-refractivity contribution >= 4 is 5.82 Å². The molecule has 0 spiro atoms. The second-order valence-corrected chi connectivity index (χ2v) is 3.35. The highest BCUT2D eigenvalue weighted by Gasteiger charge is 2.13. The van der Waals surface area contributed by atoms with Gasteiger partial charge in [-0.05, 0) is 26.0 Å². The fraction of sp³-hybridized carbons (Fsp3) is 0.200. The van der Waals surface area contributed by atoms with Gasteiger partial charge in [0.15, 0.2) is 23.2 Å². The zero-order valence-electron chi connectivity index (χ0n) is 8.91. The molecule has 3 N–H and O–H groups in total. The number of aryl methyl sites for hydroxylation is 2. The average Bonchev–Trinajstić information content (AvgIpc) is 2.69. The van der Waals surface area contributed by atoms with Crippen LogP contribution in [-0.2, 0) is 0 Å². The second-order valence-electron chi connectivity index (χ2n) is 3.35. The number of furan rings is 1. The number of rotatable bonds is 2. The van der Waals surface area contributed by atoms with Gasteiger partial charge in [0.05, 0.1) is 5.69 Å². The standard InChI is InChI=1S/C10H11FN4O/c1-5-3-4-7(16-5)9-13-6(2)8(11)10(14-9)15-12/h3-4H,12H2,1-2H3,(H,13,14,15). The van der Waals surface area contributed by atoms with Crippen LogP contribution in [0.15, 0.2) is 16.5 Å². The quantitative estimate of drug-likeness (QED) is 0.598. The van der Waals surface area contributed by atoms with Crippen molar-refractivity contribution in [3.8, 4) is 11.6 Å². The van der Waals surface area contributed by atoms with E-state index in [9.17, 15) is 4.39 Å². The third-order valence-electron chi connectivity index (χ3n) is 2.11. The van der Waals surface area contributed by atoms with Crippen LogP contribution in [0.4, 0.5) is 10.2 Å². The van der Waals surface area contributed by atoms with E-state index in [2.05, 4.69) is 15.4 Å². The maximum Gasteiger partial charge on any atom is 0.198 e. The summed E-state index contributed by atoms with van der Waals surface area (Å²) in [6.07, 6.45) is 0. The molecular weight excluding hydrogens is 211 g/mol. The lowest BCUT2D eigenvalue weighted by Gasteiger charge is -2.05. The van der Waals surface area contributed by atoms with Crippen molar-refractivity contribution in [3.63, 3.8) is 0 Å². The number of aromatic nitrogens is 2. The summed E-state index contributed by atoms with van der Waals surface area (Å²) in [7, 11) is 0. The summed E-state index contributed by atoms with van der Waals surface area (Å²) in [6.45, 7) is 3.35. The monoisotopic (exact) mass is 222 g/mol. The van der Waals surface area contributed by atoms with Crippen LogP contribution in [0.3, 0.4) is 0 Å². The number of nitrogens with two attached hydrogens (primary N) is 1. The maximum absolute atomic E-state index is 13.4. The lowest BCUT2D eigenvalue weighted by Crippen LogP contribution is -2.12. The molecule has 0 atom stereocenters. The minimum atomic E-state index is -0.561. The molecule has 0 aliphatic carbocycles. The van der Waals surface area contributed by atoms with Crippen LogP contribution in [0.2, 0.25) is 0 Å².